The van der Waals surface area contributed by atoms with Crippen molar-refractivity contribution in [1.82, 2.24) is 5.43 Å². The molecule has 2 aromatic rings. The topological polar surface area (TPSA) is 59.9 Å². The van der Waals surface area contributed by atoms with Gasteiger partial charge in [-0.1, -0.05) is 37.3 Å². The molecule has 0 radical (unpaired) electrons. The largest absolute Gasteiger partial charge is 0.493 e. The number of carbonyl (C=O) groups is 1. The number of nitrogens with zero attached hydrogens (tertiary/aromatic N) is 1. The highest BCUT2D eigenvalue weighted by molar-refractivity contribution is 6.02. The van der Waals surface area contributed by atoms with Crippen molar-refractivity contribution in [1.29, 1.82) is 0 Å². The highest BCUT2D eigenvalue weighted by atomic mass is 16.5. The van der Waals surface area contributed by atoms with Gasteiger partial charge in [-0.3, -0.25) is 0 Å². The molecule has 0 unspecified atom stereocenters. The van der Waals surface area contributed by atoms with E-state index in [1.165, 1.54) is 0 Å². The molecule has 1 amide bonds. The van der Waals surface area contributed by atoms with Crippen molar-refractivity contribution < 1.29 is 14.3 Å². The molecule has 0 fully saturated rings. The number of benzene rings is 2. The van der Waals surface area contributed by atoms with Gasteiger partial charge in [-0.25, -0.2) is 10.2 Å². The Morgan fingerprint density at radius 3 is 2.82 bits per heavy atom. The highest BCUT2D eigenvalue weighted by Crippen LogP contribution is 2.26. The van der Waals surface area contributed by atoms with E-state index in [9.17, 15) is 4.79 Å². The molecule has 2 aromatic carbocycles. The van der Waals surface area contributed by atoms with Gasteiger partial charge in [0.05, 0.1) is 19.4 Å². The second-order valence-electron chi connectivity index (χ2n) is 4.64. The fourth-order valence-corrected chi connectivity index (χ4v) is 2.06. The number of nitrogens with one attached hydrogen (secondary N) is 1. The fourth-order valence-electron chi connectivity index (χ4n) is 2.06. The predicted octanol–water partition coefficient (Wildman–Crippen LogP) is 3.71. The first-order valence-corrected chi connectivity index (χ1v) is 7.36. The lowest BCUT2D eigenvalue weighted by Crippen LogP contribution is -2.18. The van der Waals surface area contributed by atoms with Crippen molar-refractivity contribution in [3.63, 3.8) is 0 Å². The Kier molecular flexibility index (Phi) is 5.77. The summed E-state index contributed by atoms with van der Waals surface area (Å²) >= 11 is 0. The van der Waals surface area contributed by atoms with Gasteiger partial charge in [0.2, 0.25) is 0 Å². The van der Waals surface area contributed by atoms with Crippen LogP contribution in [0.3, 0.4) is 0 Å². The van der Waals surface area contributed by atoms with Gasteiger partial charge in [0.25, 0.3) is 0 Å². The van der Waals surface area contributed by atoms with E-state index in [1.54, 1.807) is 13.1 Å². The minimum atomic E-state index is -0.574. The number of amides is 1. The number of fused-ring (bicyclic) bond motifs is 1. The van der Waals surface area contributed by atoms with E-state index >= 15 is 0 Å². The zero-order valence-corrected chi connectivity index (χ0v) is 12.8. The third-order valence-corrected chi connectivity index (χ3v) is 3.02. The number of rotatable bonds is 6. The number of carbonyl (C=O) groups excluding carboxylic acids is 1. The maximum Gasteiger partial charge on any atom is 0.427 e. The molecule has 0 aromatic heterocycles. The van der Waals surface area contributed by atoms with Crippen LogP contribution in [-0.4, -0.2) is 25.5 Å². The van der Waals surface area contributed by atoms with Crippen molar-refractivity contribution in [3.8, 4) is 5.75 Å². The Labute approximate surface area is 129 Å². The van der Waals surface area contributed by atoms with E-state index in [0.29, 0.717) is 13.2 Å². The molecule has 0 saturated heterocycles. The molecule has 0 aliphatic carbocycles. The van der Waals surface area contributed by atoms with Crippen LogP contribution in [0, 0.1) is 0 Å². The molecule has 0 heterocycles. The molecular weight excluding hydrogens is 280 g/mol. The lowest BCUT2D eigenvalue weighted by molar-refractivity contribution is 0.152. The van der Waals surface area contributed by atoms with Crippen molar-refractivity contribution in [3.05, 3.63) is 42.0 Å². The summed E-state index contributed by atoms with van der Waals surface area (Å²) in [6.07, 6.45) is 1.93. The molecule has 5 heteroatoms. The average molecular weight is 300 g/mol. The minimum absolute atomic E-state index is 0.306. The summed E-state index contributed by atoms with van der Waals surface area (Å²) in [5.41, 5.74) is 3.17. The number of hydrazone groups is 1. The van der Waals surface area contributed by atoms with Crippen LogP contribution in [-0.2, 0) is 4.74 Å². The Bertz CT molecular complexity index is 668. The Morgan fingerprint density at radius 1 is 1.23 bits per heavy atom. The summed E-state index contributed by atoms with van der Waals surface area (Å²) in [4.78, 5) is 11.3. The second-order valence-corrected chi connectivity index (χ2v) is 4.64. The van der Waals surface area contributed by atoms with E-state index in [0.717, 1.165) is 28.5 Å². The number of ether oxygens (including phenoxy) is 2. The summed E-state index contributed by atoms with van der Waals surface area (Å²) in [5.74, 6) is 0.745. The first-order chi connectivity index (χ1) is 10.8. The molecule has 0 atom stereocenters. The standard InChI is InChI=1S/C17H20N2O3/c1-3-11-22-16-10-9-13-7-5-6-8-14(13)15(16)12-18-19-17(20)21-4-2/h5-10,12H,3-4,11H2,1-2H3,(H,19,20)/b18-12-. The molecular formula is C17H20N2O3. The van der Waals surface area contributed by atoms with Crippen LogP contribution in [0.4, 0.5) is 4.79 Å². The Morgan fingerprint density at radius 2 is 2.05 bits per heavy atom. The van der Waals surface area contributed by atoms with Crippen molar-refractivity contribution in [2.24, 2.45) is 5.10 Å². The summed E-state index contributed by atoms with van der Waals surface area (Å²) in [5, 5.41) is 6.06. The summed E-state index contributed by atoms with van der Waals surface area (Å²) < 4.78 is 10.5. The van der Waals surface area contributed by atoms with Crippen LogP contribution in [0.15, 0.2) is 41.5 Å². The van der Waals surface area contributed by atoms with Crippen LogP contribution >= 0.6 is 0 Å². The van der Waals surface area contributed by atoms with Gasteiger partial charge in [0.1, 0.15) is 5.75 Å². The van der Waals surface area contributed by atoms with E-state index in [2.05, 4.69) is 17.5 Å². The quantitative estimate of drug-likeness (QED) is 0.653. The van der Waals surface area contributed by atoms with Crippen LogP contribution < -0.4 is 10.2 Å². The first kappa shape index (κ1) is 15.8. The normalized spacial score (nSPS) is 10.8. The van der Waals surface area contributed by atoms with E-state index in [4.69, 9.17) is 9.47 Å². The molecule has 0 bridgehead atoms. The minimum Gasteiger partial charge on any atom is -0.493 e. The third kappa shape index (κ3) is 3.97. The lowest BCUT2D eigenvalue weighted by atomic mass is 10.0. The van der Waals surface area contributed by atoms with Gasteiger partial charge >= 0.3 is 6.09 Å². The van der Waals surface area contributed by atoms with Crippen LogP contribution in [0.1, 0.15) is 25.8 Å². The van der Waals surface area contributed by atoms with Gasteiger partial charge in [0.15, 0.2) is 0 Å². The molecule has 5 nitrogen and oxygen atoms in total. The van der Waals surface area contributed by atoms with Crippen molar-refractivity contribution in [2.75, 3.05) is 13.2 Å². The zero-order valence-electron chi connectivity index (χ0n) is 12.8. The van der Waals surface area contributed by atoms with Crippen LogP contribution in [0.2, 0.25) is 0 Å². The van der Waals surface area contributed by atoms with Crippen molar-refractivity contribution >= 4 is 23.1 Å². The van der Waals surface area contributed by atoms with Gasteiger partial charge < -0.3 is 9.47 Å². The van der Waals surface area contributed by atoms with Gasteiger partial charge in [-0.2, -0.15) is 5.10 Å². The number of hydrogen-bond acceptors (Lipinski definition) is 4. The molecule has 0 aliphatic heterocycles. The van der Waals surface area contributed by atoms with Crippen LogP contribution in [0.5, 0.6) is 5.75 Å². The lowest BCUT2D eigenvalue weighted by Gasteiger charge is -2.11. The predicted molar refractivity (Wildman–Crippen MR) is 87.5 cm³/mol. The molecule has 2 rings (SSSR count). The van der Waals surface area contributed by atoms with E-state index in [-0.39, 0.29) is 0 Å². The Hall–Kier alpha value is -2.56. The van der Waals surface area contributed by atoms with Gasteiger partial charge in [0, 0.05) is 5.56 Å². The average Bonchev–Trinajstić information content (AvgIpc) is 2.54. The van der Waals surface area contributed by atoms with E-state index < -0.39 is 6.09 Å². The first-order valence-electron chi connectivity index (χ1n) is 7.36. The van der Waals surface area contributed by atoms with E-state index in [1.807, 2.05) is 36.4 Å². The second kappa shape index (κ2) is 8.02. The Balaban J connectivity index is 2.30. The fraction of sp³-hybridized carbons (Fsp3) is 0.294. The van der Waals surface area contributed by atoms with Gasteiger partial charge in [-0.15, -0.1) is 0 Å². The molecule has 22 heavy (non-hydrogen) atoms. The summed E-state index contributed by atoms with van der Waals surface area (Å²) in [6, 6.07) is 11.9. The van der Waals surface area contributed by atoms with Gasteiger partial charge in [-0.05, 0) is 30.2 Å². The summed E-state index contributed by atoms with van der Waals surface area (Å²) in [7, 11) is 0. The highest BCUT2D eigenvalue weighted by Gasteiger charge is 2.07. The maximum absolute atomic E-state index is 11.3. The van der Waals surface area contributed by atoms with Crippen molar-refractivity contribution in [2.45, 2.75) is 20.3 Å². The molecule has 0 spiro atoms. The summed E-state index contributed by atoms with van der Waals surface area (Å²) in [6.45, 7) is 4.73. The molecule has 116 valence electrons. The third-order valence-electron chi connectivity index (χ3n) is 3.02. The monoisotopic (exact) mass is 300 g/mol. The number of hydrogen-bond donors (Lipinski definition) is 1. The molecule has 0 aliphatic rings. The SMILES string of the molecule is CCCOc1ccc2ccccc2c1/C=N\NC(=O)OCC. The maximum atomic E-state index is 11.3. The smallest absolute Gasteiger partial charge is 0.427 e. The molecule has 1 N–H and O–H groups in total. The van der Waals surface area contributed by atoms with Crippen LogP contribution in [0.25, 0.3) is 10.8 Å². The molecule has 0 saturated carbocycles. The zero-order chi connectivity index (χ0) is 15.8.